The third-order valence-corrected chi connectivity index (χ3v) is 7.00. The number of piperazine rings is 1. The number of halogens is 2. The Hall–Kier alpha value is -4.38. The first-order valence-electron chi connectivity index (χ1n) is 12.7. The Morgan fingerprint density at radius 1 is 1.03 bits per heavy atom. The molecule has 5 rings (SSSR count). The highest BCUT2D eigenvalue weighted by molar-refractivity contribution is 6.02. The van der Waals surface area contributed by atoms with E-state index in [0.29, 0.717) is 45.6 Å². The molecule has 0 atom stereocenters. The summed E-state index contributed by atoms with van der Waals surface area (Å²) in [5, 5.41) is 6.97. The van der Waals surface area contributed by atoms with Crippen molar-refractivity contribution in [1.82, 2.24) is 14.9 Å². The molecule has 4 aromatic rings. The maximum Gasteiger partial charge on any atom is 0.253 e. The zero-order chi connectivity index (χ0) is 27.7. The van der Waals surface area contributed by atoms with E-state index < -0.39 is 11.7 Å². The summed E-state index contributed by atoms with van der Waals surface area (Å²) in [6, 6.07) is 9.62. The van der Waals surface area contributed by atoms with E-state index in [9.17, 15) is 9.18 Å². The van der Waals surface area contributed by atoms with Crippen LogP contribution in [0.15, 0.2) is 48.8 Å². The van der Waals surface area contributed by atoms with Crippen LogP contribution in [0, 0.1) is 11.6 Å². The number of carbonyl (C=O) groups excluding carboxylic acids is 1. The number of methoxy groups -OCH3 is 1. The Morgan fingerprint density at radius 3 is 2.49 bits per heavy atom. The lowest BCUT2D eigenvalue weighted by Crippen LogP contribution is -2.49. The number of rotatable bonds is 8. The van der Waals surface area contributed by atoms with Crippen molar-refractivity contribution in [3.05, 3.63) is 66.0 Å². The van der Waals surface area contributed by atoms with Crippen LogP contribution in [0.4, 0.5) is 37.3 Å². The number of primary amides is 1. The molecule has 204 valence electrons. The Balaban J connectivity index is 1.41. The first kappa shape index (κ1) is 26.2. The van der Waals surface area contributed by atoms with Gasteiger partial charge in [0.15, 0.2) is 0 Å². The number of aromatic amines is 1. The van der Waals surface area contributed by atoms with Crippen molar-refractivity contribution < 1.29 is 18.3 Å². The number of amides is 1. The van der Waals surface area contributed by atoms with Crippen molar-refractivity contribution in [2.45, 2.75) is 19.9 Å². The summed E-state index contributed by atoms with van der Waals surface area (Å²) in [4.78, 5) is 23.7. The molecule has 1 aliphatic heterocycles. The number of nitrogens with zero attached hydrogens (tertiary/aromatic N) is 3. The Labute approximate surface area is 225 Å². The number of aromatic nitrogens is 2. The minimum atomic E-state index is -0.883. The molecule has 0 saturated carbocycles. The van der Waals surface area contributed by atoms with Crippen LogP contribution in [-0.4, -0.2) is 60.1 Å². The molecule has 0 aliphatic carbocycles. The van der Waals surface area contributed by atoms with Crippen molar-refractivity contribution in [2.75, 3.05) is 48.8 Å². The van der Waals surface area contributed by atoms with Gasteiger partial charge in [0.2, 0.25) is 0 Å². The van der Waals surface area contributed by atoms with Gasteiger partial charge in [0, 0.05) is 49.7 Å². The van der Waals surface area contributed by atoms with E-state index in [4.69, 9.17) is 10.5 Å². The number of fused-ring (bicyclic) bond motifs is 1. The van der Waals surface area contributed by atoms with Crippen molar-refractivity contribution in [1.29, 1.82) is 0 Å². The highest BCUT2D eigenvalue weighted by Gasteiger charge is 2.23. The monoisotopic (exact) mass is 535 g/mol. The molecule has 3 heterocycles. The number of H-pyrrole nitrogens is 1. The number of ether oxygens (including phenoxy) is 1. The first-order chi connectivity index (χ1) is 18.7. The summed E-state index contributed by atoms with van der Waals surface area (Å²) in [5.74, 6) is -0.887. The molecule has 39 heavy (non-hydrogen) atoms. The SMILES string of the molecule is COc1cc(N2CCN(C(C)C)CC2)c(F)cc1Nc1cc2c(Nc3cccc(F)c3C(N)=O)cncc2[nH]1. The third-order valence-electron chi connectivity index (χ3n) is 7.00. The molecule has 1 amide bonds. The quantitative estimate of drug-likeness (QED) is 0.252. The van der Waals surface area contributed by atoms with Crippen LogP contribution in [0.2, 0.25) is 0 Å². The molecule has 0 radical (unpaired) electrons. The topological polar surface area (TPSA) is 112 Å². The standard InChI is InChI=1S/C28H31F2N7O2/c1-16(2)36-7-9-37(10-8-36)24-13-25(39-3)21(12-19(24)30)34-26-11-17-22(14-32-15-23(17)35-26)33-20-6-4-5-18(29)27(20)28(31)38/h4-6,11-16,33-35H,7-10H2,1-3H3,(H2,31,38). The van der Waals surface area contributed by atoms with Gasteiger partial charge < -0.3 is 31.0 Å². The number of anilines is 5. The van der Waals surface area contributed by atoms with Gasteiger partial charge in [-0.2, -0.15) is 0 Å². The molecule has 9 nitrogen and oxygen atoms in total. The number of hydrogen-bond donors (Lipinski definition) is 4. The smallest absolute Gasteiger partial charge is 0.253 e. The average Bonchev–Trinajstić information content (AvgIpc) is 3.32. The second kappa shape index (κ2) is 10.8. The maximum absolute atomic E-state index is 15.3. The zero-order valence-electron chi connectivity index (χ0n) is 22.0. The molecule has 11 heteroatoms. The predicted octanol–water partition coefficient (Wildman–Crippen LogP) is 4.97. The summed E-state index contributed by atoms with van der Waals surface area (Å²) in [6.07, 6.45) is 3.19. The lowest BCUT2D eigenvalue weighted by Gasteiger charge is -2.38. The van der Waals surface area contributed by atoms with Crippen LogP contribution in [-0.2, 0) is 0 Å². The van der Waals surface area contributed by atoms with Crippen LogP contribution in [0.25, 0.3) is 10.9 Å². The summed E-state index contributed by atoms with van der Waals surface area (Å²) in [5.41, 5.74) is 7.52. The highest BCUT2D eigenvalue weighted by atomic mass is 19.1. The zero-order valence-corrected chi connectivity index (χ0v) is 22.0. The van der Waals surface area contributed by atoms with Crippen LogP contribution < -0.4 is 26.0 Å². The van der Waals surface area contributed by atoms with Crippen LogP contribution >= 0.6 is 0 Å². The molecule has 2 aromatic carbocycles. The normalized spacial score (nSPS) is 14.2. The molecule has 2 aromatic heterocycles. The Kier molecular flexibility index (Phi) is 7.25. The van der Waals surface area contributed by atoms with Crippen LogP contribution in [0.3, 0.4) is 0 Å². The Morgan fingerprint density at radius 2 is 1.79 bits per heavy atom. The minimum Gasteiger partial charge on any atom is -0.494 e. The number of pyridine rings is 1. The molecule has 5 N–H and O–H groups in total. The highest BCUT2D eigenvalue weighted by Crippen LogP contribution is 2.36. The average molecular weight is 536 g/mol. The third kappa shape index (κ3) is 5.30. The molecule has 1 saturated heterocycles. The van der Waals surface area contributed by atoms with E-state index in [-0.39, 0.29) is 17.1 Å². The predicted molar refractivity (Wildman–Crippen MR) is 149 cm³/mol. The molecule has 1 fully saturated rings. The van der Waals surface area contributed by atoms with Gasteiger partial charge in [0.05, 0.1) is 53.3 Å². The largest absolute Gasteiger partial charge is 0.494 e. The second-order valence-electron chi connectivity index (χ2n) is 9.73. The van der Waals surface area contributed by atoms with Gasteiger partial charge in [0.25, 0.3) is 5.91 Å². The molecule has 1 aliphatic rings. The van der Waals surface area contributed by atoms with E-state index in [1.54, 1.807) is 37.7 Å². The van der Waals surface area contributed by atoms with E-state index in [1.807, 2.05) is 4.90 Å². The van der Waals surface area contributed by atoms with E-state index >= 15 is 4.39 Å². The number of carbonyl (C=O) groups is 1. The fourth-order valence-electron chi connectivity index (χ4n) is 4.92. The number of nitrogens with two attached hydrogens (primary N) is 1. The van der Waals surface area contributed by atoms with Gasteiger partial charge in [-0.25, -0.2) is 8.78 Å². The maximum atomic E-state index is 15.3. The molecular weight excluding hydrogens is 504 g/mol. The van der Waals surface area contributed by atoms with Gasteiger partial charge in [-0.15, -0.1) is 0 Å². The van der Waals surface area contributed by atoms with E-state index in [0.717, 1.165) is 26.2 Å². The van der Waals surface area contributed by atoms with Gasteiger partial charge in [-0.1, -0.05) is 6.07 Å². The second-order valence-corrected chi connectivity index (χ2v) is 9.73. The van der Waals surface area contributed by atoms with Crippen molar-refractivity contribution in [3.8, 4) is 5.75 Å². The lowest BCUT2D eigenvalue weighted by atomic mass is 10.1. The number of nitrogens with one attached hydrogen (secondary N) is 3. The summed E-state index contributed by atoms with van der Waals surface area (Å²) >= 11 is 0. The lowest BCUT2D eigenvalue weighted by molar-refractivity contribution is 0.0997. The summed E-state index contributed by atoms with van der Waals surface area (Å²) in [7, 11) is 1.55. The molecule has 0 bridgehead atoms. The first-order valence-corrected chi connectivity index (χ1v) is 12.7. The number of benzene rings is 2. The van der Waals surface area contributed by atoms with Crippen LogP contribution in [0.5, 0.6) is 5.75 Å². The van der Waals surface area contributed by atoms with Crippen molar-refractivity contribution >= 4 is 45.4 Å². The molecule has 0 spiro atoms. The summed E-state index contributed by atoms with van der Waals surface area (Å²) < 4.78 is 35.2. The fraction of sp³-hybridized carbons (Fsp3) is 0.286. The molecular formula is C28H31F2N7O2. The van der Waals surface area contributed by atoms with E-state index in [1.165, 1.54) is 18.2 Å². The minimum absolute atomic E-state index is 0.223. The van der Waals surface area contributed by atoms with Gasteiger partial charge >= 0.3 is 0 Å². The van der Waals surface area contributed by atoms with Gasteiger partial charge in [-0.3, -0.25) is 14.7 Å². The summed E-state index contributed by atoms with van der Waals surface area (Å²) in [6.45, 7) is 7.54. The van der Waals surface area contributed by atoms with Crippen molar-refractivity contribution in [2.24, 2.45) is 5.73 Å². The van der Waals surface area contributed by atoms with Crippen LogP contribution in [0.1, 0.15) is 24.2 Å². The molecule has 0 unspecified atom stereocenters. The van der Waals surface area contributed by atoms with E-state index in [2.05, 4.69) is 39.3 Å². The van der Waals surface area contributed by atoms with Gasteiger partial charge in [0.1, 0.15) is 23.2 Å². The van der Waals surface area contributed by atoms with Gasteiger partial charge in [-0.05, 0) is 32.0 Å². The Bertz CT molecular complexity index is 1510. The number of hydrogen-bond acceptors (Lipinski definition) is 7. The van der Waals surface area contributed by atoms with Crippen molar-refractivity contribution in [3.63, 3.8) is 0 Å². The fourth-order valence-corrected chi connectivity index (χ4v) is 4.92.